The fourth-order valence-electron chi connectivity index (χ4n) is 13.1. The third kappa shape index (κ3) is 23.1. The lowest BCUT2D eigenvalue weighted by Gasteiger charge is -2.52. The lowest BCUT2D eigenvalue weighted by molar-refractivity contribution is -0.401. The summed E-state index contributed by atoms with van der Waals surface area (Å²) >= 11 is 0. The summed E-state index contributed by atoms with van der Waals surface area (Å²) in [5.41, 5.74) is 8.11. The first-order chi connectivity index (χ1) is 52.3. The Kier molecular flexibility index (Phi) is 29.4. The summed E-state index contributed by atoms with van der Waals surface area (Å²) in [5.74, 6) is -0.628. The zero-order chi connectivity index (χ0) is 74.1. The Morgan fingerprint density at radius 2 is 0.551 bits per heavy atom. The molecule has 0 aliphatic carbocycles. The molecular formula is C89H102O17Si. The van der Waals surface area contributed by atoms with E-state index in [4.69, 9.17) is 75.5 Å². The van der Waals surface area contributed by atoms with E-state index in [1.807, 2.05) is 273 Å². The van der Waals surface area contributed by atoms with Gasteiger partial charge in [0.15, 0.2) is 33.3 Å². The highest BCUT2D eigenvalue weighted by Crippen LogP contribution is 2.42. The third-order valence-corrected chi connectivity index (χ3v) is 24.3. The maximum Gasteiger partial charge on any atom is 0.303 e. The molecule has 564 valence electrons. The van der Waals surface area contributed by atoms with Crippen molar-refractivity contribution in [2.75, 3.05) is 19.8 Å². The van der Waals surface area contributed by atoms with Crippen molar-refractivity contribution in [1.82, 2.24) is 0 Å². The van der Waals surface area contributed by atoms with Crippen LogP contribution in [-0.4, -0.2) is 126 Å². The van der Waals surface area contributed by atoms with Gasteiger partial charge in [0.05, 0.1) is 79.3 Å². The van der Waals surface area contributed by atoms with E-state index in [9.17, 15) is 4.79 Å². The summed E-state index contributed by atoms with van der Waals surface area (Å²) in [6.07, 6.45) is -16.8. The normalized spacial score (nSPS) is 24.7. The van der Waals surface area contributed by atoms with Crippen LogP contribution in [0.5, 0.6) is 0 Å². The quantitative estimate of drug-likeness (QED) is 0.0266. The molecule has 0 amide bonds. The van der Waals surface area contributed by atoms with Crippen molar-refractivity contribution in [3.63, 3.8) is 0 Å². The number of ether oxygens (including phenoxy) is 15. The molecule has 3 aliphatic heterocycles. The molecule has 0 aromatic heterocycles. The van der Waals surface area contributed by atoms with E-state index >= 15 is 0 Å². The summed E-state index contributed by atoms with van der Waals surface area (Å²) in [7, 11) is -2.53. The molecule has 17 nitrogen and oxygen atoms in total. The number of hydrogen-bond acceptors (Lipinski definition) is 17. The van der Waals surface area contributed by atoms with Crippen LogP contribution < -0.4 is 0 Å². The highest BCUT2D eigenvalue weighted by atomic mass is 28.4. The molecule has 0 radical (unpaired) electrons. The molecule has 15 atom stereocenters. The number of rotatable bonds is 37. The van der Waals surface area contributed by atoms with Gasteiger partial charge in [-0.05, 0) is 68.2 Å². The number of benzene rings is 9. The van der Waals surface area contributed by atoms with Gasteiger partial charge in [0.1, 0.15) is 67.1 Å². The van der Waals surface area contributed by atoms with E-state index in [0.717, 1.165) is 50.1 Å². The molecule has 0 bridgehead atoms. The van der Waals surface area contributed by atoms with Crippen molar-refractivity contribution in [2.45, 2.75) is 197 Å². The van der Waals surface area contributed by atoms with Crippen molar-refractivity contribution in [3.8, 4) is 0 Å². The van der Waals surface area contributed by atoms with Crippen molar-refractivity contribution in [3.05, 3.63) is 323 Å². The van der Waals surface area contributed by atoms with Crippen LogP contribution in [0.15, 0.2) is 273 Å². The minimum Gasteiger partial charge on any atom is -0.454 e. The van der Waals surface area contributed by atoms with Crippen LogP contribution in [0.1, 0.15) is 77.8 Å². The molecule has 0 saturated carbocycles. The Hall–Kier alpha value is -7.93. The molecular weight excluding hydrogens is 1370 g/mol. The van der Waals surface area contributed by atoms with Crippen LogP contribution in [0.4, 0.5) is 0 Å². The Balaban J connectivity index is 1.03. The fourth-order valence-corrected chi connectivity index (χ4v) is 14.1. The molecule has 0 spiro atoms. The molecule has 0 unspecified atom stereocenters. The second-order valence-electron chi connectivity index (χ2n) is 28.8. The Morgan fingerprint density at radius 3 is 0.879 bits per heavy atom. The molecule has 3 saturated heterocycles. The monoisotopic (exact) mass is 1470 g/mol. The minimum absolute atomic E-state index is 0.0137. The van der Waals surface area contributed by atoms with Crippen LogP contribution in [0.3, 0.4) is 0 Å². The number of carbonyl (C=O) groups is 1. The highest BCUT2D eigenvalue weighted by molar-refractivity contribution is 6.74. The predicted molar refractivity (Wildman–Crippen MR) is 408 cm³/mol. The topological polar surface area (TPSA) is 165 Å². The SMILES string of the molecule is CC(=O)O[C@@H]1[C@@H](O[C@@H]2[C@@H](O[C@@H]3[C@H](OCc4ccccc4)[C@@H](OCc4ccccc4)O[C@H](CO[Si](C)(C)C(C)(C)C)[C@H]3OCc3ccccc3)O[C@H](COCc3ccccc3)[C@@H](OCc3ccccc3)[C@@H]2OCc2ccccc2)O[C@H](COCc2ccccc2)[C@@H](OCc2ccccc2)[C@@H]1OCc1ccccc1. The van der Waals surface area contributed by atoms with Gasteiger partial charge in [-0.25, -0.2) is 0 Å². The molecule has 107 heavy (non-hydrogen) atoms. The summed E-state index contributed by atoms with van der Waals surface area (Å²) < 4.78 is 117. The minimum atomic E-state index is -2.53. The molecule has 12 rings (SSSR count). The van der Waals surface area contributed by atoms with Crippen LogP contribution in [0, 0.1) is 0 Å². The summed E-state index contributed by atoms with van der Waals surface area (Å²) in [5, 5.41) is -0.188. The first-order valence-electron chi connectivity index (χ1n) is 37.2. The average Bonchev–Trinajstić information content (AvgIpc) is 0.759. The van der Waals surface area contributed by atoms with Crippen LogP contribution in [0.2, 0.25) is 18.1 Å². The molecule has 3 heterocycles. The van der Waals surface area contributed by atoms with Crippen LogP contribution in [-0.2, 0) is 140 Å². The Bertz CT molecular complexity index is 3970. The molecule has 18 heteroatoms. The van der Waals surface area contributed by atoms with Gasteiger partial charge in [0.2, 0.25) is 0 Å². The van der Waals surface area contributed by atoms with Gasteiger partial charge < -0.3 is 75.5 Å². The van der Waals surface area contributed by atoms with Gasteiger partial charge in [-0.15, -0.1) is 0 Å². The van der Waals surface area contributed by atoms with Crippen LogP contribution in [0.25, 0.3) is 0 Å². The second kappa shape index (κ2) is 40.0. The molecule has 3 aliphatic rings. The smallest absolute Gasteiger partial charge is 0.303 e. The summed E-state index contributed by atoms with van der Waals surface area (Å²) in [6, 6.07) is 89.2. The largest absolute Gasteiger partial charge is 0.454 e. The van der Waals surface area contributed by atoms with Crippen molar-refractivity contribution in [1.29, 1.82) is 0 Å². The van der Waals surface area contributed by atoms with E-state index in [-0.39, 0.29) is 84.3 Å². The van der Waals surface area contributed by atoms with Crippen molar-refractivity contribution >= 4 is 14.3 Å². The third-order valence-electron chi connectivity index (χ3n) is 19.8. The first kappa shape index (κ1) is 78.6. The van der Waals surface area contributed by atoms with Crippen LogP contribution >= 0.6 is 0 Å². The van der Waals surface area contributed by atoms with Crippen molar-refractivity contribution in [2.24, 2.45) is 0 Å². The standard InChI is InChI=1S/C89H102O17Si/c1-64(90)101-84-80(96-57-70-44-26-12-27-45-70)77(93-54-67-38-20-9-21-39-67)74(61-91-52-65-34-16-7-17-35-65)103-87(84)106-85-81(97-58-71-46-28-13-29-47-71)78(94-55-68-40-22-10-23-41-68)75(62-92-53-66-36-18-8-19-37-66)104-88(85)105-82-79(95-56-69-42-24-11-25-43-69)76(63-100-107(5,6)89(2,3)4)102-86(99-60-73-50-32-15-33-51-73)83(82)98-59-72-48-30-14-31-49-72/h7-51,74-88H,52-63H2,1-6H3/t74-,75-,76-,77-,78-,79-,80+,81+,82+,83+,84+,85+,86+,87-,88-/m1/s1. The summed E-state index contributed by atoms with van der Waals surface area (Å²) in [4.78, 5) is 14.2. The van der Waals surface area contributed by atoms with E-state index in [0.29, 0.717) is 0 Å². The zero-order valence-corrected chi connectivity index (χ0v) is 63.1. The van der Waals surface area contributed by atoms with E-state index in [2.05, 4.69) is 33.9 Å². The Labute approximate surface area is 631 Å². The zero-order valence-electron chi connectivity index (χ0n) is 62.1. The Morgan fingerprint density at radius 1 is 0.299 bits per heavy atom. The van der Waals surface area contributed by atoms with Crippen molar-refractivity contribution < 1.29 is 80.3 Å². The number of esters is 1. The van der Waals surface area contributed by atoms with Gasteiger partial charge in [-0.1, -0.05) is 294 Å². The molecule has 0 N–H and O–H groups in total. The van der Waals surface area contributed by atoms with Gasteiger partial charge in [0, 0.05) is 6.92 Å². The predicted octanol–water partition coefficient (Wildman–Crippen LogP) is 16.0. The maximum absolute atomic E-state index is 14.2. The van der Waals surface area contributed by atoms with Gasteiger partial charge in [-0.3, -0.25) is 4.79 Å². The van der Waals surface area contributed by atoms with E-state index < -0.39 is 106 Å². The maximum atomic E-state index is 14.2. The summed E-state index contributed by atoms with van der Waals surface area (Å²) in [6.45, 7) is 13.8. The number of hydrogen-bond donors (Lipinski definition) is 0. The van der Waals surface area contributed by atoms with Gasteiger partial charge >= 0.3 is 5.97 Å². The lowest BCUT2D eigenvalue weighted by atomic mass is 9.95. The lowest BCUT2D eigenvalue weighted by Crippen LogP contribution is -2.68. The molecule has 9 aromatic rings. The first-order valence-corrected chi connectivity index (χ1v) is 40.1. The fraction of sp³-hybridized carbons (Fsp3) is 0.382. The van der Waals surface area contributed by atoms with E-state index in [1.54, 1.807) is 0 Å². The van der Waals surface area contributed by atoms with E-state index in [1.165, 1.54) is 6.92 Å². The molecule has 3 fully saturated rings. The highest BCUT2D eigenvalue weighted by Gasteiger charge is 2.58. The molecule has 9 aromatic carbocycles. The number of carbonyl (C=O) groups excluding carboxylic acids is 1. The average molecular weight is 1470 g/mol. The van der Waals surface area contributed by atoms with Gasteiger partial charge in [-0.2, -0.15) is 0 Å². The van der Waals surface area contributed by atoms with Gasteiger partial charge in [0.25, 0.3) is 0 Å². The second-order valence-corrected chi connectivity index (χ2v) is 33.7.